The van der Waals surface area contributed by atoms with E-state index >= 15 is 0 Å². The Morgan fingerprint density at radius 1 is 0.926 bits per heavy atom. The molecular weight excluding hydrogens is 340 g/mol. The van der Waals surface area contributed by atoms with Crippen LogP contribution in [0.3, 0.4) is 0 Å². The lowest BCUT2D eigenvalue weighted by atomic mass is 9.45. The first kappa shape index (κ1) is 18.4. The first-order chi connectivity index (χ1) is 12.9. The van der Waals surface area contributed by atoms with Crippen molar-refractivity contribution < 1.29 is 19.0 Å². The van der Waals surface area contributed by atoms with Crippen LogP contribution < -0.4 is 0 Å². The summed E-state index contributed by atoms with van der Waals surface area (Å²) in [6.07, 6.45) is 11.1. The fourth-order valence-electron chi connectivity index (χ4n) is 8.45. The van der Waals surface area contributed by atoms with Crippen LogP contribution in [-0.4, -0.2) is 31.1 Å². The lowest BCUT2D eigenvalue weighted by Crippen LogP contribution is -2.57. The molecule has 152 valence electrons. The van der Waals surface area contributed by atoms with Crippen molar-refractivity contribution in [3.63, 3.8) is 0 Å². The largest absolute Gasteiger partial charge is 0.463 e. The molecule has 4 heteroatoms. The maximum absolute atomic E-state index is 11.4. The number of hydrogen-bond acceptors (Lipinski definition) is 4. The van der Waals surface area contributed by atoms with Crippen molar-refractivity contribution in [1.29, 1.82) is 0 Å². The number of esters is 1. The molecule has 0 radical (unpaired) electrons. The molecule has 1 heterocycles. The molecule has 5 rings (SSSR count). The second-order valence-electron chi connectivity index (χ2n) is 10.6. The van der Waals surface area contributed by atoms with E-state index in [1.165, 1.54) is 38.5 Å². The highest BCUT2D eigenvalue weighted by molar-refractivity contribution is 5.66. The monoisotopic (exact) mass is 376 g/mol. The second-order valence-corrected chi connectivity index (χ2v) is 10.6. The zero-order valence-corrected chi connectivity index (χ0v) is 17.3. The summed E-state index contributed by atoms with van der Waals surface area (Å²) in [7, 11) is 0. The van der Waals surface area contributed by atoms with Gasteiger partial charge in [-0.25, -0.2) is 0 Å². The van der Waals surface area contributed by atoms with E-state index in [-0.39, 0.29) is 23.3 Å². The molecule has 1 spiro atoms. The van der Waals surface area contributed by atoms with Crippen molar-refractivity contribution in [2.24, 2.45) is 34.5 Å². The summed E-state index contributed by atoms with van der Waals surface area (Å²) in [5.74, 6) is 2.71. The molecular formula is C23H36O4. The molecule has 0 bridgehead atoms. The average molecular weight is 377 g/mol. The minimum atomic E-state index is -0.284. The summed E-state index contributed by atoms with van der Waals surface area (Å²) in [6.45, 7) is 8.13. The first-order valence-electron chi connectivity index (χ1n) is 11.3. The van der Waals surface area contributed by atoms with Crippen LogP contribution in [0.5, 0.6) is 0 Å². The van der Waals surface area contributed by atoms with Crippen LogP contribution in [0, 0.1) is 34.5 Å². The van der Waals surface area contributed by atoms with Crippen molar-refractivity contribution in [2.45, 2.75) is 90.4 Å². The van der Waals surface area contributed by atoms with E-state index in [0.29, 0.717) is 5.41 Å². The minimum absolute atomic E-state index is 0.112. The van der Waals surface area contributed by atoms with Gasteiger partial charge in [-0.1, -0.05) is 13.8 Å². The molecule has 0 amide bonds. The summed E-state index contributed by atoms with van der Waals surface area (Å²) >= 11 is 0. The third-order valence-corrected chi connectivity index (χ3v) is 9.75. The molecule has 4 saturated carbocycles. The van der Waals surface area contributed by atoms with Gasteiger partial charge < -0.3 is 14.2 Å². The molecule has 0 N–H and O–H groups in total. The van der Waals surface area contributed by atoms with Crippen LogP contribution in [0.25, 0.3) is 0 Å². The van der Waals surface area contributed by atoms with Gasteiger partial charge >= 0.3 is 5.97 Å². The maximum atomic E-state index is 11.4. The predicted octanol–water partition coefficient (Wildman–Crippen LogP) is 4.70. The minimum Gasteiger partial charge on any atom is -0.463 e. The van der Waals surface area contributed by atoms with E-state index in [9.17, 15) is 4.79 Å². The van der Waals surface area contributed by atoms with Gasteiger partial charge in [0.2, 0.25) is 0 Å². The van der Waals surface area contributed by atoms with Crippen LogP contribution in [0.15, 0.2) is 0 Å². The molecule has 7 unspecified atom stereocenters. The SMILES string of the molecule is CC(=O)OC1CCC2(C)C(CCC3C2CCC2(C)C3CCC23OCCO3)C1. The van der Waals surface area contributed by atoms with Gasteiger partial charge in [-0.2, -0.15) is 0 Å². The second kappa shape index (κ2) is 6.19. The van der Waals surface area contributed by atoms with Crippen LogP contribution in [0.2, 0.25) is 0 Å². The van der Waals surface area contributed by atoms with Crippen molar-refractivity contribution in [2.75, 3.05) is 13.2 Å². The summed E-state index contributed by atoms with van der Waals surface area (Å²) in [5.41, 5.74) is 0.622. The Balaban J connectivity index is 1.37. The Kier molecular flexibility index (Phi) is 4.22. The number of carbonyl (C=O) groups is 1. The van der Waals surface area contributed by atoms with E-state index < -0.39 is 0 Å². The molecule has 1 saturated heterocycles. The quantitative estimate of drug-likeness (QED) is 0.622. The fourth-order valence-corrected chi connectivity index (χ4v) is 8.45. The standard InChI is InChI=1S/C23H36O4/c1-15(24)27-17-6-9-21(2)16(14-17)4-5-18-19(21)7-10-22(3)20(18)8-11-23(22)25-12-13-26-23/h16-20H,4-14H2,1-3H3. The molecule has 27 heavy (non-hydrogen) atoms. The molecule has 5 fully saturated rings. The van der Waals surface area contributed by atoms with Crippen LogP contribution in [-0.2, 0) is 19.0 Å². The Bertz CT molecular complexity index is 611. The normalized spacial score (nSPS) is 50.7. The lowest BCUT2D eigenvalue weighted by molar-refractivity contribution is -0.248. The van der Waals surface area contributed by atoms with Gasteiger partial charge in [0.15, 0.2) is 5.79 Å². The molecule has 0 aromatic rings. The Hall–Kier alpha value is -0.610. The molecule has 0 aromatic heterocycles. The zero-order valence-electron chi connectivity index (χ0n) is 17.3. The summed E-state index contributed by atoms with van der Waals surface area (Å²) < 4.78 is 18.1. The molecule has 0 aromatic carbocycles. The van der Waals surface area contributed by atoms with Gasteiger partial charge in [0.25, 0.3) is 0 Å². The summed E-state index contributed by atoms with van der Waals surface area (Å²) in [4.78, 5) is 11.4. The third kappa shape index (κ3) is 2.51. The zero-order chi connectivity index (χ0) is 18.9. The van der Waals surface area contributed by atoms with Gasteiger partial charge in [0.1, 0.15) is 6.10 Å². The maximum Gasteiger partial charge on any atom is 0.302 e. The summed E-state index contributed by atoms with van der Waals surface area (Å²) in [5, 5.41) is 0. The molecule has 4 nitrogen and oxygen atoms in total. The first-order valence-corrected chi connectivity index (χ1v) is 11.3. The average Bonchev–Trinajstić information content (AvgIpc) is 3.21. The molecule has 4 aliphatic carbocycles. The Morgan fingerprint density at radius 3 is 2.41 bits per heavy atom. The third-order valence-electron chi connectivity index (χ3n) is 9.75. The van der Waals surface area contributed by atoms with Crippen LogP contribution in [0.4, 0.5) is 0 Å². The van der Waals surface area contributed by atoms with E-state index in [1.54, 1.807) is 6.92 Å². The van der Waals surface area contributed by atoms with Gasteiger partial charge in [0.05, 0.1) is 13.2 Å². The summed E-state index contributed by atoms with van der Waals surface area (Å²) in [6, 6.07) is 0. The number of rotatable bonds is 1. The van der Waals surface area contributed by atoms with Gasteiger partial charge in [-0.15, -0.1) is 0 Å². The van der Waals surface area contributed by atoms with E-state index in [4.69, 9.17) is 14.2 Å². The molecule has 5 aliphatic rings. The van der Waals surface area contributed by atoms with Gasteiger partial charge in [-0.3, -0.25) is 4.79 Å². The van der Waals surface area contributed by atoms with Crippen molar-refractivity contribution in [3.8, 4) is 0 Å². The van der Waals surface area contributed by atoms with Crippen LogP contribution >= 0.6 is 0 Å². The Labute approximate surface area is 163 Å². The van der Waals surface area contributed by atoms with E-state index in [2.05, 4.69) is 13.8 Å². The van der Waals surface area contributed by atoms with E-state index in [1.807, 2.05) is 0 Å². The number of fused-ring (bicyclic) bond motifs is 6. The smallest absolute Gasteiger partial charge is 0.302 e. The van der Waals surface area contributed by atoms with E-state index in [0.717, 1.165) is 56.1 Å². The van der Waals surface area contributed by atoms with Gasteiger partial charge in [-0.05, 0) is 80.5 Å². The highest BCUT2D eigenvalue weighted by atomic mass is 16.7. The van der Waals surface area contributed by atoms with Crippen LogP contribution in [0.1, 0.15) is 78.6 Å². The van der Waals surface area contributed by atoms with Crippen molar-refractivity contribution >= 4 is 5.97 Å². The Morgan fingerprint density at radius 2 is 1.67 bits per heavy atom. The number of hydrogen-bond donors (Lipinski definition) is 0. The topological polar surface area (TPSA) is 44.8 Å². The highest BCUT2D eigenvalue weighted by Gasteiger charge is 2.67. The highest BCUT2D eigenvalue weighted by Crippen LogP contribution is 2.69. The van der Waals surface area contributed by atoms with Crippen molar-refractivity contribution in [1.82, 2.24) is 0 Å². The molecule has 7 atom stereocenters. The number of carbonyl (C=O) groups excluding carboxylic acids is 1. The fraction of sp³-hybridized carbons (Fsp3) is 0.957. The van der Waals surface area contributed by atoms with Gasteiger partial charge in [0, 0.05) is 18.8 Å². The predicted molar refractivity (Wildman–Crippen MR) is 102 cm³/mol. The number of ether oxygens (including phenoxy) is 3. The lowest BCUT2D eigenvalue weighted by Gasteiger charge is -2.61. The van der Waals surface area contributed by atoms with Crippen molar-refractivity contribution in [3.05, 3.63) is 0 Å². The molecule has 1 aliphatic heterocycles.